The molecule has 2 N–H and O–H groups in total. The first-order valence-corrected chi connectivity index (χ1v) is 11.5. The third kappa shape index (κ3) is 6.55. The van der Waals surface area contributed by atoms with Crippen LogP contribution in [0.2, 0.25) is 0 Å². The number of benzene rings is 2. The number of nitrogen functional groups attached to an aromatic ring is 1. The van der Waals surface area contributed by atoms with Crippen molar-refractivity contribution in [2.75, 3.05) is 5.73 Å². The van der Waals surface area contributed by atoms with E-state index < -0.39 is 0 Å². The SMILES string of the molecule is CC.CC(=O)c1nn(-c2ccc(C)cc2)c2c1CCCC2.CCCc1ccc(N)cc1. The number of hydrogen-bond donors (Lipinski definition) is 1. The summed E-state index contributed by atoms with van der Waals surface area (Å²) in [6.07, 6.45) is 6.69. The summed E-state index contributed by atoms with van der Waals surface area (Å²) in [5.41, 5.74) is 13.1. The maximum absolute atomic E-state index is 11.7. The predicted octanol–water partition coefficient (Wildman–Crippen LogP) is 6.51. The maximum atomic E-state index is 11.7. The zero-order chi connectivity index (χ0) is 22.8. The number of carbonyl (C=O) groups is 1. The van der Waals surface area contributed by atoms with E-state index in [0.29, 0.717) is 5.69 Å². The molecule has 0 bridgehead atoms. The zero-order valence-corrected chi connectivity index (χ0v) is 19.7. The molecule has 0 spiro atoms. The van der Waals surface area contributed by atoms with Crippen LogP contribution in [-0.2, 0) is 19.3 Å². The molecule has 0 aliphatic heterocycles. The van der Waals surface area contributed by atoms with Crippen LogP contribution < -0.4 is 5.73 Å². The first kappa shape index (κ1) is 24.4. The first-order valence-electron chi connectivity index (χ1n) is 11.5. The van der Waals surface area contributed by atoms with Crippen LogP contribution in [0.3, 0.4) is 0 Å². The average molecular weight is 420 g/mol. The second kappa shape index (κ2) is 12.1. The molecule has 0 amide bonds. The minimum atomic E-state index is 0.0732. The number of fused-ring (bicyclic) bond motifs is 1. The summed E-state index contributed by atoms with van der Waals surface area (Å²) in [5, 5.41) is 4.56. The van der Waals surface area contributed by atoms with Crippen LogP contribution in [0.25, 0.3) is 5.69 Å². The molecule has 4 rings (SSSR count). The van der Waals surface area contributed by atoms with E-state index in [9.17, 15) is 4.79 Å². The summed E-state index contributed by atoms with van der Waals surface area (Å²) >= 11 is 0. The molecule has 4 heteroatoms. The number of carbonyl (C=O) groups excluding carboxylic acids is 1. The molecule has 0 saturated carbocycles. The van der Waals surface area contributed by atoms with Gasteiger partial charge in [-0.15, -0.1) is 0 Å². The fourth-order valence-electron chi connectivity index (χ4n) is 3.75. The van der Waals surface area contributed by atoms with Crippen LogP contribution in [0.5, 0.6) is 0 Å². The summed E-state index contributed by atoms with van der Waals surface area (Å²) in [6.45, 7) is 9.86. The van der Waals surface area contributed by atoms with Crippen LogP contribution in [0, 0.1) is 6.92 Å². The van der Waals surface area contributed by atoms with Gasteiger partial charge in [-0.1, -0.05) is 57.0 Å². The largest absolute Gasteiger partial charge is 0.399 e. The third-order valence-electron chi connectivity index (χ3n) is 5.31. The van der Waals surface area contributed by atoms with Crippen molar-refractivity contribution in [1.29, 1.82) is 0 Å². The van der Waals surface area contributed by atoms with Crippen molar-refractivity contribution in [2.45, 2.75) is 73.1 Å². The Kier molecular flexibility index (Phi) is 9.51. The second-order valence-corrected chi connectivity index (χ2v) is 7.78. The molecule has 1 aliphatic rings. The molecule has 0 saturated heterocycles. The van der Waals surface area contributed by atoms with Crippen molar-refractivity contribution in [3.05, 3.63) is 76.6 Å². The number of rotatable bonds is 4. The van der Waals surface area contributed by atoms with E-state index in [1.54, 1.807) is 6.92 Å². The molecule has 0 fully saturated rings. The minimum absolute atomic E-state index is 0.0732. The van der Waals surface area contributed by atoms with Crippen LogP contribution in [-0.4, -0.2) is 15.6 Å². The molecule has 1 aromatic heterocycles. The number of anilines is 1. The highest BCUT2D eigenvalue weighted by Gasteiger charge is 2.23. The number of aromatic nitrogens is 2. The molecule has 31 heavy (non-hydrogen) atoms. The summed E-state index contributed by atoms with van der Waals surface area (Å²) in [7, 11) is 0. The quantitative estimate of drug-likeness (QED) is 0.387. The van der Waals surface area contributed by atoms with E-state index in [4.69, 9.17) is 5.73 Å². The Morgan fingerprint density at radius 2 is 1.61 bits per heavy atom. The molecule has 166 valence electrons. The molecule has 0 radical (unpaired) electrons. The summed E-state index contributed by atoms with van der Waals surface area (Å²) in [5.74, 6) is 0.0732. The summed E-state index contributed by atoms with van der Waals surface area (Å²) in [4.78, 5) is 11.7. The van der Waals surface area contributed by atoms with Crippen LogP contribution in [0.15, 0.2) is 48.5 Å². The number of Topliss-reactive ketones (excluding diaryl/α,β-unsaturated/α-hetero) is 1. The molecule has 1 heterocycles. The Morgan fingerprint density at radius 1 is 1.00 bits per heavy atom. The highest BCUT2D eigenvalue weighted by Crippen LogP contribution is 2.27. The van der Waals surface area contributed by atoms with E-state index >= 15 is 0 Å². The third-order valence-corrected chi connectivity index (χ3v) is 5.31. The van der Waals surface area contributed by atoms with Gasteiger partial charge in [0.2, 0.25) is 0 Å². The maximum Gasteiger partial charge on any atom is 0.180 e. The Morgan fingerprint density at radius 3 is 2.19 bits per heavy atom. The fraction of sp³-hybridized carbons (Fsp3) is 0.407. The molecule has 3 aromatic rings. The molecular weight excluding hydrogens is 382 g/mol. The van der Waals surface area contributed by atoms with Crippen LogP contribution in [0.1, 0.15) is 79.8 Å². The van der Waals surface area contributed by atoms with Gasteiger partial charge < -0.3 is 5.73 Å². The van der Waals surface area contributed by atoms with Gasteiger partial charge in [0, 0.05) is 23.9 Å². The van der Waals surface area contributed by atoms with E-state index in [0.717, 1.165) is 37.1 Å². The number of hydrogen-bond acceptors (Lipinski definition) is 3. The molecule has 4 nitrogen and oxygen atoms in total. The van der Waals surface area contributed by atoms with Crippen molar-refractivity contribution < 1.29 is 4.79 Å². The lowest BCUT2D eigenvalue weighted by atomic mass is 9.95. The Balaban J connectivity index is 0.000000241. The number of nitrogens with two attached hydrogens (primary N) is 1. The molecular formula is C27H37N3O. The van der Waals surface area contributed by atoms with Crippen LogP contribution in [0.4, 0.5) is 5.69 Å². The van der Waals surface area contributed by atoms with Gasteiger partial charge in [0.05, 0.1) is 5.69 Å². The monoisotopic (exact) mass is 419 g/mol. The predicted molar refractivity (Wildman–Crippen MR) is 131 cm³/mol. The highest BCUT2D eigenvalue weighted by atomic mass is 16.1. The average Bonchev–Trinajstić information content (AvgIpc) is 3.18. The number of aryl methyl sites for hydroxylation is 2. The van der Waals surface area contributed by atoms with Crippen molar-refractivity contribution >= 4 is 11.5 Å². The summed E-state index contributed by atoms with van der Waals surface area (Å²) < 4.78 is 1.96. The van der Waals surface area contributed by atoms with Gasteiger partial charge in [0.1, 0.15) is 5.69 Å². The smallest absolute Gasteiger partial charge is 0.180 e. The molecule has 0 unspecified atom stereocenters. The van der Waals surface area contributed by atoms with E-state index in [1.165, 1.54) is 35.2 Å². The Hall–Kier alpha value is -2.88. The normalized spacial score (nSPS) is 12.0. The zero-order valence-electron chi connectivity index (χ0n) is 19.7. The van der Waals surface area contributed by atoms with Gasteiger partial charge in [-0.05, 0) is 68.9 Å². The van der Waals surface area contributed by atoms with Gasteiger partial charge in [0.15, 0.2) is 5.78 Å². The topological polar surface area (TPSA) is 60.9 Å². The van der Waals surface area contributed by atoms with Crippen molar-refractivity contribution in [3.8, 4) is 5.69 Å². The van der Waals surface area contributed by atoms with Crippen molar-refractivity contribution in [1.82, 2.24) is 9.78 Å². The van der Waals surface area contributed by atoms with Gasteiger partial charge in [0.25, 0.3) is 0 Å². The lowest BCUT2D eigenvalue weighted by molar-refractivity contribution is 0.101. The van der Waals surface area contributed by atoms with Crippen LogP contribution >= 0.6 is 0 Å². The minimum Gasteiger partial charge on any atom is -0.399 e. The fourth-order valence-corrected chi connectivity index (χ4v) is 3.75. The Bertz CT molecular complexity index is 953. The second-order valence-electron chi connectivity index (χ2n) is 7.78. The lowest BCUT2D eigenvalue weighted by Crippen LogP contribution is -2.08. The molecule has 2 aromatic carbocycles. The number of ketones is 1. The summed E-state index contributed by atoms with van der Waals surface area (Å²) in [6, 6.07) is 16.4. The standard InChI is InChI=1S/C16H18N2O.C9H13N.C2H6/c1-11-7-9-13(10-8-11)18-15-6-4-3-5-14(15)16(17-18)12(2)19;1-2-3-8-4-6-9(10)7-5-8;1-2/h7-10H,3-6H2,1-2H3;4-7H,2-3,10H2,1H3;1-2H3. The van der Waals surface area contributed by atoms with E-state index in [1.807, 2.05) is 30.7 Å². The highest BCUT2D eigenvalue weighted by molar-refractivity contribution is 5.94. The van der Waals surface area contributed by atoms with Gasteiger partial charge in [-0.3, -0.25) is 4.79 Å². The van der Waals surface area contributed by atoms with Gasteiger partial charge >= 0.3 is 0 Å². The molecule has 0 atom stereocenters. The van der Waals surface area contributed by atoms with E-state index in [2.05, 4.69) is 55.3 Å². The lowest BCUT2D eigenvalue weighted by Gasteiger charge is -2.14. The molecule has 1 aliphatic carbocycles. The number of nitrogens with zero attached hydrogens (tertiary/aromatic N) is 2. The Labute approximate surface area is 187 Å². The van der Waals surface area contributed by atoms with Gasteiger partial charge in [-0.25, -0.2) is 4.68 Å². The van der Waals surface area contributed by atoms with Crippen molar-refractivity contribution in [3.63, 3.8) is 0 Å². The van der Waals surface area contributed by atoms with E-state index in [-0.39, 0.29) is 5.78 Å². The van der Waals surface area contributed by atoms with Crippen molar-refractivity contribution in [2.24, 2.45) is 0 Å². The van der Waals surface area contributed by atoms with Gasteiger partial charge in [-0.2, -0.15) is 5.10 Å². The first-order chi connectivity index (χ1) is 15.0.